The molecule has 1 aromatic carbocycles. The minimum Gasteiger partial charge on any atom is -0.451 e. The van der Waals surface area contributed by atoms with Crippen LogP contribution in [0.5, 0.6) is 0 Å². The van der Waals surface area contributed by atoms with Crippen LogP contribution in [0.3, 0.4) is 0 Å². The lowest BCUT2D eigenvalue weighted by Gasteiger charge is -2.16. The number of furan rings is 1. The second-order valence-corrected chi connectivity index (χ2v) is 4.18. The third-order valence-corrected chi connectivity index (χ3v) is 2.52. The number of carbonyl (C=O) groups is 1. The monoisotopic (exact) mass is 233 g/mol. The maximum atomic E-state index is 12.0. The number of likely N-dealkylation sites (N-methyl/N-ethyl adjacent to an activating group) is 1. The first-order valence-electron chi connectivity index (χ1n) is 5.50. The summed E-state index contributed by atoms with van der Waals surface area (Å²) in [4.78, 5) is 13.4. The van der Waals surface area contributed by atoms with Gasteiger partial charge >= 0.3 is 0 Å². The molecule has 1 heterocycles. The summed E-state index contributed by atoms with van der Waals surface area (Å²) in [5, 5.41) is 10.1. The number of benzene rings is 1. The van der Waals surface area contributed by atoms with Crippen molar-refractivity contribution in [1.82, 2.24) is 4.90 Å². The van der Waals surface area contributed by atoms with Crippen molar-refractivity contribution in [3.05, 3.63) is 36.1 Å². The van der Waals surface area contributed by atoms with E-state index in [1.165, 1.54) is 4.90 Å². The normalized spacial score (nSPS) is 12.6. The highest BCUT2D eigenvalue weighted by molar-refractivity contribution is 5.95. The number of carbonyl (C=O) groups excluding carboxylic acids is 1. The topological polar surface area (TPSA) is 53.7 Å². The Balaban J connectivity index is 2.24. The fraction of sp³-hybridized carbons (Fsp3) is 0.308. The van der Waals surface area contributed by atoms with Crippen molar-refractivity contribution < 1.29 is 14.3 Å². The van der Waals surface area contributed by atoms with Crippen molar-refractivity contribution in [2.45, 2.75) is 13.0 Å². The molecule has 2 aromatic rings. The molecule has 4 nitrogen and oxygen atoms in total. The van der Waals surface area contributed by atoms with Gasteiger partial charge in [0.1, 0.15) is 5.58 Å². The number of nitrogens with zero attached hydrogens (tertiary/aromatic N) is 1. The van der Waals surface area contributed by atoms with Crippen molar-refractivity contribution in [1.29, 1.82) is 0 Å². The molecule has 0 fully saturated rings. The van der Waals surface area contributed by atoms with E-state index in [0.29, 0.717) is 11.3 Å². The van der Waals surface area contributed by atoms with Crippen LogP contribution >= 0.6 is 0 Å². The van der Waals surface area contributed by atoms with Crippen LogP contribution in [-0.4, -0.2) is 35.6 Å². The van der Waals surface area contributed by atoms with E-state index >= 15 is 0 Å². The molecular weight excluding hydrogens is 218 g/mol. The highest BCUT2D eigenvalue weighted by Crippen LogP contribution is 2.19. The van der Waals surface area contributed by atoms with E-state index in [4.69, 9.17) is 4.42 Å². The fourth-order valence-corrected chi connectivity index (χ4v) is 1.75. The van der Waals surface area contributed by atoms with Gasteiger partial charge in [-0.25, -0.2) is 0 Å². The first-order valence-corrected chi connectivity index (χ1v) is 5.50. The van der Waals surface area contributed by atoms with E-state index < -0.39 is 6.10 Å². The summed E-state index contributed by atoms with van der Waals surface area (Å²) in [5.41, 5.74) is 0.696. The largest absolute Gasteiger partial charge is 0.451 e. The highest BCUT2D eigenvalue weighted by Gasteiger charge is 2.17. The van der Waals surface area contributed by atoms with Crippen LogP contribution in [0.4, 0.5) is 0 Å². The van der Waals surface area contributed by atoms with Crippen LogP contribution < -0.4 is 0 Å². The van der Waals surface area contributed by atoms with Crippen LogP contribution in [0.15, 0.2) is 34.7 Å². The van der Waals surface area contributed by atoms with Crippen LogP contribution in [0.1, 0.15) is 17.5 Å². The Hall–Kier alpha value is -1.81. The minimum absolute atomic E-state index is 0.220. The number of fused-ring (bicyclic) bond motifs is 1. The summed E-state index contributed by atoms with van der Waals surface area (Å²) in [6.07, 6.45) is -0.548. The molecule has 0 aliphatic rings. The minimum atomic E-state index is -0.548. The van der Waals surface area contributed by atoms with E-state index in [0.717, 1.165) is 5.39 Å². The number of hydrogen-bond acceptors (Lipinski definition) is 3. The Morgan fingerprint density at radius 2 is 2.18 bits per heavy atom. The SMILES string of the molecule is CC(O)CN(C)C(=O)c1cc2ccccc2o1. The van der Waals surface area contributed by atoms with Gasteiger partial charge in [-0.3, -0.25) is 4.79 Å². The van der Waals surface area contributed by atoms with Gasteiger partial charge in [0.25, 0.3) is 5.91 Å². The average molecular weight is 233 g/mol. The van der Waals surface area contributed by atoms with Crippen molar-refractivity contribution in [2.24, 2.45) is 0 Å². The molecule has 0 spiro atoms. The van der Waals surface area contributed by atoms with Gasteiger partial charge in [-0.05, 0) is 19.1 Å². The summed E-state index contributed by atoms with van der Waals surface area (Å²) in [7, 11) is 1.64. The van der Waals surface area contributed by atoms with Crippen LogP contribution in [0, 0.1) is 0 Å². The average Bonchev–Trinajstić information content (AvgIpc) is 2.70. The Morgan fingerprint density at radius 1 is 1.47 bits per heavy atom. The molecule has 1 unspecified atom stereocenters. The first kappa shape index (κ1) is 11.7. The Bertz CT molecular complexity index is 497. The highest BCUT2D eigenvalue weighted by atomic mass is 16.3. The van der Waals surface area contributed by atoms with Gasteiger partial charge in [0.2, 0.25) is 0 Å². The third-order valence-electron chi connectivity index (χ3n) is 2.52. The van der Waals surface area contributed by atoms with Crippen molar-refractivity contribution >= 4 is 16.9 Å². The molecule has 17 heavy (non-hydrogen) atoms. The van der Waals surface area contributed by atoms with Crippen LogP contribution in [-0.2, 0) is 0 Å². The standard InChI is InChI=1S/C13H15NO3/c1-9(15)8-14(2)13(16)12-7-10-5-3-4-6-11(10)17-12/h3-7,9,15H,8H2,1-2H3. The smallest absolute Gasteiger partial charge is 0.289 e. The zero-order chi connectivity index (χ0) is 12.4. The molecule has 0 aliphatic heterocycles. The molecule has 1 N–H and O–H groups in total. The first-order chi connectivity index (χ1) is 8.08. The maximum Gasteiger partial charge on any atom is 0.289 e. The van der Waals surface area contributed by atoms with Gasteiger partial charge in [0, 0.05) is 19.0 Å². The van der Waals surface area contributed by atoms with Gasteiger partial charge in [-0.1, -0.05) is 18.2 Å². The molecule has 0 saturated heterocycles. The Labute approximate surface area is 99.4 Å². The number of hydrogen-bond donors (Lipinski definition) is 1. The summed E-state index contributed by atoms with van der Waals surface area (Å²) in [6, 6.07) is 9.19. The quantitative estimate of drug-likeness (QED) is 0.880. The maximum absolute atomic E-state index is 12.0. The molecule has 1 aromatic heterocycles. The third kappa shape index (κ3) is 2.47. The predicted octanol–water partition coefficient (Wildman–Crippen LogP) is 1.89. The number of para-hydroxylation sites is 1. The molecule has 4 heteroatoms. The molecule has 2 rings (SSSR count). The van der Waals surface area contributed by atoms with Gasteiger partial charge in [-0.2, -0.15) is 0 Å². The van der Waals surface area contributed by atoms with Crippen LogP contribution in [0.2, 0.25) is 0 Å². The molecule has 1 amide bonds. The predicted molar refractivity (Wildman–Crippen MR) is 64.9 cm³/mol. The molecule has 1 atom stereocenters. The lowest BCUT2D eigenvalue weighted by molar-refractivity contribution is 0.0676. The molecule has 0 saturated carbocycles. The summed E-state index contributed by atoms with van der Waals surface area (Å²) >= 11 is 0. The van der Waals surface area contributed by atoms with Gasteiger partial charge < -0.3 is 14.4 Å². The van der Waals surface area contributed by atoms with Crippen LogP contribution in [0.25, 0.3) is 11.0 Å². The summed E-state index contributed by atoms with van der Waals surface area (Å²) < 4.78 is 5.46. The zero-order valence-corrected chi connectivity index (χ0v) is 9.88. The van der Waals surface area contributed by atoms with Crippen molar-refractivity contribution in [2.75, 3.05) is 13.6 Å². The van der Waals surface area contributed by atoms with E-state index in [1.54, 1.807) is 20.0 Å². The summed E-state index contributed by atoms with van der Waals surface area (Å²) in [6.45, 7) is 1.93. The summed E-state index contributed by atoms with van der Waals surface area (Å²) in [5.74, 6) is 0.0800. The Morgan fingerprint density at radius 3 is 2.82 bits per heavy atom. The van der Waals surface area contributed by atoms with Gasteiger partial charge in [-0.15, -0.1) is 0 Å². The molecule has 0 bridgehead atoms. The van der Waals surface area contributed by atoms with Crippen molar-refractivity contribution in [3.8, 4) is 0 Å². The van der Waals surface area contributed by atoms with Crippen molar-refractivity contribution in [3.63, 3.8) is 0 Å². The molecule has 90 valence electrons. The molecule has 0 radical (unpaired) electrons. The lowest BCUT2D eigenvalue weighted by Crippen LogP contribution is -2.32. The van der Waals surface area contributed by atoms with Gasteiger partial charge in [0.05, 0.1) is 6.10 Å². The second kappa shape index (κ2) is 4.59. The number of rotatable bonds is 3. The number of aliphatic hydroxyl groups excluding tert-OH is 1. The van der Waals surface area contributed by atoms with E-state index in [9.17, 15) is 9.90 Å². The number of amides is 1. The van der Waals surface area contributed by atoms with E-state index in [2.05, 4.69) is 0 Å². The Kier molecular flexibility index (Phi) is 3.15. The molecular formula is C13H15NO3. The fourth-order valence-electron chi connectivity index (χ4n) is 1.75. The van der Waals surface area contributed by atoms with Gasteiger partial charge in [0.15, 0.2) is 5.76 Å². The van der Waals surface area contributed by atoms with E-state index in [1.807, 2.05) is 24.3 Å². The molecule has 0 aliphatic carbocycles. The van der Waals surface area contributed by atoms with E-state index in [-0.39, 0.29) is 12.5 Å². The number of aliphatic hydroxyl groups is 1. The second-order valence-electron chi connectivity index (χ2n) is 4.18. The zero-order valence-electron chi connectivity index (χ0n) is 9.88. The lowest BCUT2D eigenvalue weighted by atomic mass is 10.2.